The topological polar surface area (TPSA) is 92.0 Å². The number of carbonyl (C=O) groups is 2. The van der Waals surface area contributed by atoms with Crippen LogP contribution in [0.2, 0.25) is 0 Å². The molecule has 3 rings (SSSR count). The lowest BCUT2D eigenvalue weighted by Gasteiger charge is -2.31. The monoisotopic (exact) mass is 344 g/mol. The second-order valence-electron chi connectivity index (χ2n) is 5.92. The second kappa shape index (κ2) is 7.40. The van der Waals surface area contributed by atoms with Gasteiger partial charge < -0.3 is 24.5 Å². The first-order valence-corrected chi connectivity index (χ1v) is 8.07. The number of hydrogen-bond acceptors (Lipinski definition) is 5. The lowest BCUT2D eigenvalue weighted by molar-refractivity contribution is -0.140. The minimum Gasteiger partial charge on any atom is -0.486 e. The number of para-hydroxylation sites is 1. The first kappa shape index (κ1) is 17.0. The van der Waals surface area contributed by atoms with Gasteiger partial charge in [-0.3, -0.25) is 9.59 Å². The maximum atomic E-state index is 12.6. The zero-order valence-electron chi connectivity index (χ0n) is 13.9. The summed E-state index contributed by atoms with van der Waals surface area (Å²) in [5, 5.41) is 12.0. The van der Waals surface area contributed by atoms with Gasteiger partial charge in [-0.15, -0.1) is 0 Å². The number of carboxylic acids is 1. The van der Waals surface area contributed by atoms with Crippen LogP contribution in [0.4, 0.5) is 0 Å². The van der Waals surface area contributed by atoms with Crippen LogP contribution in [0.1, 0.15) is 21.9 Å². The summed E-state index contributed by atoms with van der Waals surface area (Å²) >= 11 is 0. The van der Waals surface area contributed by atoms with Crippen LogP contribution in [0.5, 0.6) is 5.75 Å². The number of piperazine rings is 1. The minimum atomic E-state index is -0.967. The molecule has 0 unspecified atom stereocenters. The van der Waals surface area contributed by atoms with Gasteiger partial charge in [0.2, 0.25) is 0 Å². The molecule has 1 aromatic heterocycles. The van der Waals surface area contributed by atoms with Crippen molar-refractivity contribution >= 4 is 11.9 Å². The zero-order chi connectivity index (χ0) is 17.8. The molecule has 1 amide bonds. The van der Waals surface area contributed by atoms with E-state index in [0.29, 0.717) is 24.4 Å². The summed E-state index contributed by atoms with van der Waals surface area (Å²) in [5.41, 5.74) is 0.710. The molecule has 0 aliphatic carbocycles. The molecule has 0 saturated carbocycles. The molecule has 0 radical (unpaired) electrons. The van der Waals surface area contributed by atoms with Gasteiger partial charge in [0, 0.05) is 25.2 Å². The molecule has 2 heterocycles. The summed E-state index contributed by atoms with van der Waals surface area (Å²) < 4.78 is 11.3. The van der Waals surface area contributed by atoms with Crippen LogP contribution in [-0.2, 0) is 11.4 Å². The smallest absolute Gasteiger partial charge is 0.322 e. The van der Waals surface area contributed by atoms with E-state index in [0.717, 1.165) is 5.75 Å². The Kier molecular flexibility index (Phi) is 5.04. The lowest BCUT2D eigenvalue weighted by Crippen LogP contribution is -2.55. The van der Waals surface area contributed by atoms with E-state index in [1.165, 1.54) is 4.90 Å². The first-order chi connectivity index (χ1) is 12.0. The van der Waals surface area contributed by atoms with Crippen molar-refractivity contribution < 1.29 is 23.8 Å². The van der Waals surface area contributed by atoms with Crippen molar-refractivity contribution in [2.75, 3.05) is 19.6 Å². The Bertz CT molecular complexity index is 756. The van der Waals surface area contributed by atoms with Crippen LogP contribution in [0.15, 0.2) is 40.8 Å². The van der Waals surface area contributed by atoms with Crippen LogP contribution in [0.25, 0.3) is 0 Å². The van der Waals surface area contributed by atoms with Crippen LogP contribution < -0.4 is 10.1 Å². The van der Waals surface area contributed by atoms with Gasteiger partial charge in [0.05, 0.1) is 0 Å². The molecule has 25 heavy (non-hydrogen) atoms. The predicted octanol–water partition coefficient (Wildman–Crippen LogP) is 1.67. The molecule has 2 aromatic rings. The Hall–Kier alpha value is -2.80. The molecular formula is C18H20N2O5. The number of aliphatic carboxylic acids is 1. The summed E-state index contributed by atoms with van der Waals surface area (Å²) in [6, 6.07) is 10.4. The molecule has 1 fully saturated rings. The third kappa shape index (κ3) is 4.00. The fourth-order valence-corrected chi connectivity index (χ4v) is 2.75. The van der Waals surface area contributed by atoms with Gasteiger partial charge in [0.15, 0.2) is 5.76 Å². The number of ether oxygens (including phenoxy) is 1. The Morgan fingerprint density at radius 1 is 1.36 bits per heavy atom. The van der Waals surface area contributed by atoms with E-state index < -0.39 is 12.0 Å². The summed E-state index contributed by atoms with van der Waals surface area (Å²) in [6.45, 7) is 3.01. The molecule has 1 aliphatic rings. The molecule has 1 atom stereocenters. The third-order valence-electron chi connectivity index (χ3n) is 4.05. The second-order valence-corrected chi connectivity index (χ2v) is 5.92. The van der Waals surface area contributed by atoms with Crippen LogP contribution in [0.3, 0.4) is 0 Å². The molecule has 0 spiro atoms. The Balaban J connectivity index is 1.67. The molecule has 1 saturated heterocycles. The Labute approximate surface area is 145 Å². The predicted molar refractivity (Wildman–Crippen MR) is 89.5 cm³/mol. The highest BCUT2D eigenvalue weighted by Gasteiger charge is 2.30. The van der Waals surface area contributed by atoms with Crippen molar-refractivity contribution in [2.45, 2.75) is 19.6 Å². The number of nitrogens with one attached hydrogen (secondary N) is 1. The number of hydrogen-bond donors (Lipinski definition) is 2. The Morgan fingerprint density at radius 3 is 2.84 bits per heavy atom. The number of nitrogens with zero attached hydrogens (tertiary/aromatic N) is 1. The molecule has 1 aliphatic heterocycles. The maximum Gasteiger partial charge on any atom is 0.322 e. The van der Waals surface area contributed by atoms with Crippen LogP contribution >= 0.6 is 0 Å². The number of carbonyl (C=O) groups excluding carboxylic acids is 1. The molecule has 7 nitrogen and oxygen atoms in total. The van der Waals surface area contributed by atoms with E-state index in [2.05, 4.69) is 5.32 Å². The van der Waals surface area contributed by atoms with E-state index in [-0.39, 0.29) is 24.8 Å². The van der Waals surface area contributed by atoms with Gasteiger partial charge in [0.25, 0.3) is 5.91 Å². The summed E-state index contributed by atoms with van der Waals surface area (Å²) in [4.78, 5) is 25.3. The number of carboxylic acid groups (broad SMARTS) is 1. The van der Waals surface area contributed by atoms with E-state index in [4.69, 9.17) is 14.3 Å². The van der Waals surface area contributed by atoms with E-state index in [1.54, 1.807) is 13.0 Å². The number of rotatable bonds is 5. The molecule has 132 valence electrons. The van der Waals surface area contributed by atoms with Gasteiger partial charge >= 0.3 is 5.97 Å². The lowest BCUT2D eigenvalue weighted by atomic mass is 10.2. The fourth-order valence-electron chi connectivity index (χ4n) is 2.75. The highest BCUT2D eigenvalue weighted by atomic mass is 16.5. The van der Waals surface area contributed by atoms with Crippen molar-refractivity contribution in [2.24, 2.45) is 0 Å². The quantitative estimate of drug-likeness (QED) is 0.857. The zero-order valence-corrected chi connectivity index (χ0v) is 13.9. The number of amides is 1. The SMILES string of the molecule is Cc1cc(COc2ccccc2)oc1C(=O)N1CCN[C@H](C(=O)O)C1. The highest BCUT2D eigenvalue weighted by molar-refractivity contribution is 5.93. The van der Waals surface area contributed by atoms with Gasteiger partial charge in [0.1, 0.15) is 24.2 Å². The molecule has 2 N–H and O–H groups in total. The maximum absolute atomic E-state index is 12.6. The minimum absolute atomic E-state index is 0.115. The largest absolute Gasteiger partial charge is 0.486 e. The molecule has 7 heteroatoms. The van der Waals surface area contributed by atoms with Crippen molar-refractivity contribution in [3.8, 4) is 5.75 Å². The van der Waals surface area contributed by atoms with Crippen LogP contribution in [0, 0.1) is 6.92 Å². The summed E-state index contributed by atoms with van der Waals surface area (Å²) in [7, 11) is 0. The van der Waals surface area contributed by atoms with E-state index in [1.807, 2.05) is 30.3 Å². The van der Waals surface area contributed by atoms with Gasteiger partial charge in [-0.05, 0) is 25.1 Å². The third-order valence-corrected chi connectivity index (χ3v) is 4.05. The highest BCUT2D eigenvalue weighted by Crippen LogP contribution is 2.20. The number of benzene rings is 1. The van der Waals surface area contributed by atoms with Gasteiger partial charge in [-0.1, -0.05) is 18.2 Å². The van der Waals surface area contributed by atoms with Gasteiger partial charge in [-0.2, -0.15) is 0 Å². The van der Waals surface area contributed by atoms with Gasteiger partial charge in [-0.25, -0.2) is 0 Å². The normalized spacial score (nSPS) is 17.3. The van der Waals surface area contributed by atoms with Crippen molar-refractivity contribution in [3.63, 3.8) is 0 Å². The van der Waals surface area contributed by atoms with Crippen molar-refractivity contribution in [3.05, 3.63) is 53.5 Å². The first-order valence-electron chi connectivity index (χ1n) is 8.07. The van der Waals surface area contributed by atoms with Crippen molar-refractivity contribution in [1.29, 1.82) is 0 Å². The molecular weight excluding hydrogens is 324 g/mol. The molecule has 1 aromatic carbocycles. The summed E-state index contributed by atoms with van der Waals surface area (Å²) in [5.74, 6) is 0.241. The average Bonchev–Trinajstić information content (AvgIpc) is 3.01. The van der Waals surface area contributed by atoms with Crippen LogP contribution in [-0.4, -0.2) is 47.6 Å². The Morgan fingerprint density at radius 2 is 2.12 bits per heavy atom. The average molecular weight is 344 g/mol. The van der Waals surface area contributed by atoms with E-state index in [9.17, 15) is 9.59 Å². The number of furan rings is 1. The van der Waals surface area contributed by atoms with E-state index >= 15 is 0 Å². The van der Waals surface area contributed by atoms with Crippen molar-refractivity contribution in [1.82, 2.24) is 10.2 Å². The standard InChI is InChI=1S/C18H20N2O5/c1-12-9-14(11-24-13-5-3-2-4-6-13)25-16(12)17(21)20-8-7-19-15(10-20)18(22)23/h2-6,9,15,19H,7-8,10-11H2,1H3,(H,22,23)/t15-/m0/s1. The fraction of sp³-hybridized carbons (Fsp3) is 0.333. The summed E-state index contributed by atoms with van der Waals surface area (Å²) in [6.07, 6.45) is 0. The molecule has 0 bridgehead atoms. The number of aryl methyl sites for hydroxylation is 1.